The number of nitrogens with one attached hydrogen (secondary N) is 1. The lowest BCUT2D eigenvalue weighted by Crippen LogP contribution is -2.21. The molecule has 1 rings (SSSR count). The number of nitrogens with zero attached hydrogens (tertiary/aromatic N) is 2. The molecule has 0 bridgehead atoms. The maximum absolute atomic E-state index is 12.1. The Kier molecular flexibility index (Phi) is 4.99. The summed E-state index contributed by atoms with van der Waals surface area (Å²) in [5.74, 6) is 0. The van der Waals surface area contributed by atoms with E-state index in [-0.39, 0.29) is 12.5 Å². The van der Waals surface area contributed by atoms with Crippen LogP contribution in [0.15, 0.2) is 12.4 Å². The first-order valence-corrected chi connectivity index (χ1v) is 5.71. The van der Waals surface area contributed by atoms with Crippen LogP contribution in [0.25, 0.3) is 0 Å². The highest BCUT2D eigenvalue weighted by molar-refractivity contribution is 5.10. The SMILES string of the molecule is CCNC(CCCC(F)(F)F)c1cnn(C)c1. The number of rotatable bonds is 6. The standard InChI is InChI=1S/C11H18F3N3/c1-3-15-10(5-4-6-11(12,13)14)9-7-16-17(2)8-9/h7-8,10,15H,3-6H2,1-2H3. The molecule has 1 aromatic rings. The molecule has 98 valence electrons. The van der Waals surface area contributed by atoms with E-state index in [0.717, 1.165) is 12.1 Å². The van der Waals surface area contributed by atoms with Crippen LogP contribution < -0.4 is 5.32 Å². The minimum Gasteiger partial charge on any atom is -0.310 e. The van der Waals surface area contributed by atoms with Gasteiger partial charge in [-0.25, -0.2) is 0 Å². The summed E-state index contributed by atoms with van der Waals surface area (Å²) in [5, 5.41) is 7.21. The molecule has 0 radical (unpaired) electrons. The lowest BCUT2D eigenvalue weighted by molar-refractivity contribution is -0.135. The van der Waals surface area contributed by atoms with E-state index in [1.807, 2.05) is 13.1 Å². The molecular weight excluding hydrogens is 231 g/mol. The van der Waals surface area contributed by atoms with Crippen LogP contribution in [-0.2, 0) is 7.05 Å². The van der Waals surface area contributed by atoms with Gasteiger partial charge in [0.1, 0.15) is 0 Å². The average Bonchev–Trinajstić information content (AvgIpc) is 2.62. The summed E-state index contributed by atoms with van der Waals surface area (Å²) in [5.41, 5.74) is 0.941. The topological polar surface area (TPSA) is 29.9 Å². The van der Waals surface area contributed by atoms with Gasteiger partial charge in [-0.3, -0.25) is 4.68 Å². The van der Waals surface area contributed by atoms with Crippen molar-refractivity contribution in [2.24, 2.45) is 7.05 Å². The van der Waals surface area contributed by atoms with Crippen LogP contribution in [0.4, 0.5) is 13.2 Å². The van der Waals surface area contributed by atoms with E-state index in [1.165, 1.54) is 0 Å². The third-order valence-corrected chi connectivity index (χ3v) is 2.53. The summed E-state index contributed by atoms with van der Waals surface area (Å²) in [6.45, 7) is 2.67. The second-order valence-corrected chi connectivity index (χ2v) is 4.07. The molecule has 1 aromatic heterocycles. The Labute approximate surface area is 99.0 Å². The largest absolute Gasteiger partial charge is 0.389 e. The number of alkyl halides is 3. The summed E-state index contributed by atoms with van der Waals surface area (Å²) in [6, 6.07) is -0.0453. The zero-order valence-corrected chi connectivity index (χ0v) is 10.1. The summed E-state index contributed by atoms with van der Waals surface area (Å²) < 4.78 is 37.8. The molecule has 0 aliphatic heterocycles. The van der Waals surface area contributed by atoms with E-state index in [4.69, 9.17) is 0 Å². The van der Waals surface area contributed by atoms with E-state index >= 15 is 0 Å². The van der Waals surface area contributed by atoms with E-state index in [2.05, 4.69) is 10.4 Å². The average molecular weight is 249 g/mol. The summed E-state index contributed by atoms with van der Waals surface area (Å²) in [4.78, 5) is 0. The van der Waals surface area contributed by atoms with Gasteiger partial charge in [0.15, 0.2) is 0 Å². The quantitative estimate of drug-likeness (QED) is 0.840. The van der Waals surface area contributed by atoms with Crippen molar-refractivity contribution >= 4 is 0 Å². The molecule has 0 aliphatic rings. The summed E-state index contributed by atoms with van der Waals surface area (Å²) in [7, 11) is 1.79. The van der Waals surface area contributed by atoms with Crippen LogP contribution in [-0.4, -0.2) is 22.5 Å². The molecule has 0 fully saturated rings. The van der Waals surface area contributed by atoms with Crippen molar-refractivity contribution in [3.05, 3.63) is 18.0 Å². The van der Waals surface area contributed by atoms with Gasteiger partial charge in [-0.1, -0.05) is 6.92 Å². The molecule has 0 spiro atoms. The molecule has 1 N–H and O–H groups in total. The van der Waals surface area contributed by atoms with E-state index in [9.17, 15) is 13.2 Å². The molecular formula is C11H18F3N3. The van der Waals surface area contributed by atoms with Crippen molar-refractivity contribution in [1.82, 2.24) is 15.1 Å². The predicted molar refractivity (Wildman–Crippen MR) is 59.5 cm³/mol. The van der Waals surface area contributed by atoms with Gasteiger partial charge in [0.2, 0.25) is 0 Å². The molecule has 1 unspecified atom stereocenters. The fourth-order valence-corrected chi connectivity index (χ4v) is 1.76. The minimum absolute atomic E-state index is 0.0453. The zero-order chi connectivity index (χ0) is 12.9. The normalized spacial score (nSPS) is 13.9. The first kappa shape index (κ1) is 14.0. The van der Waals surface area contributed by atoms with Gasteiger partial charge < -0.3 is 5.32 Å². The van der Waals surface area contributed by atoms with Gasteiger partial charge in [0.25, 0.3) is 0 Å². The van der Waals surface area contributed by atoms with Crippen LogP contribution in [0.2, 0.25) is 0 Å². The molecule has 0 aliphatic carbocycles. The Hall–Kier alpha value is -1.04. The van der Waals surface area contributed by atoms with Gasteiger partial charge in [-0.15, -0.1) is 0 Å². The minimum atomic E-state index is -4.06. The van der Waals surface area contributed by atoms with Gasteiger partial charge in [-0.05, 0) is 19.4 Å². The van der Waals surface area contributed by atoms with Crippen molar-refractivity contribution < 1.29 is 13.2 Å². The zero-order valence-electron chi connectivity index (χ0n) is 10.1. The predicted octanol–water partition coefficient (Wildman–Crippen LogP) is 2.80. The van der Waals surface area contributed by atoms with Gasteiger partial charge in [0.05, 0.1) is 6.20 Å². The molecule has 0 aromatic carbocycles. The molecule has 1 atom stereocenters. The summed E-state index contributed by atoms with van der Waals surface area (Å²) >= 11 is 0. The third kappa shape index (κ3) is 5.21. The van der Waals surface area contributed by atoms with Crippen LogP contribution in [0, 0.1) is 0 Å². The van der Waals surface area contributed by atoms with E-state index in [1.54, 1.807) is 17.9 Å². The maximum Gasteiger partial charge on any atom is 0.389 e. The van der Waals surface area contributed by atoms with Crippen molar-refractivity contribution in [2.45, 2.75) is 38.4 Å². The molecule has 17 heavy (non-hydrogen) atoms. The van der Waals surface area contributed by atoms with E-state index < -0.39 is 12.6 Å². The van der Waals surface area contributed by atoms with Crippen LogP contribution in [0.1, 0.15) is 37.8 Å². The summed E-state index contributed by atoms with van der Waals surface area (Å²) in [6.07, 6.45) is -0.655. The number of aromatic nitrogens is 2. The highest BCUT2D eigenvalue weighted by Gasteiger charge is 2.26. The molecule has 0 saturated heterocycles. The first-order valence-electron chi connectivity index (χ1n) is 5.71. The van der Waals surface area contributed by atoms with Gasteiger partial charge in [0, 0.05) is 31.3 Å². The Morgan fingerprint density at radius 3 is 2.65 bits per heavy atom. The van der Waals surface area contributed by atoms with E-state index in [0.29, 0.717) is 6.42 Å². The second-order valence-electron chi connectivity index (χ2n) is 4.07. The van der Waals surface area contributed by atoms with Gasteiger partial charge >= 0.3 is 6.18 Å². The maximum atomic E-state index is 12.1. The van der Waals surface area contributed by atoms with Crippen molar-refractivity contribution in [2.75, 3.05) is 6.54 Å². The van der Waals surface area contributed by atoms with Crippen LogP contribution >= 0.6 is 0 Å². The third-order valence-electron chi connectivity index (χ3n) is 2.53. The first-order chi connectivity index (χ1) is 7.92. The van der Waals surface area contributed by atoms with Crippen molar-refractivity contribution in [1.29, 1.82) is 0 Å². The fourth-order valence-electron chi connectivity index (χ4n) is 1.76. The van der Waals surface area contributed by atoms with Crippen molar-refractivity contribution in [3.63, 3.8) is 0 Å². The number of halogens is 3. The lowest BCUT2D eigenvalue weighted by Gasteiger charge is -2.16. The molecule has 6 heteroatoms. The monoisotopic (exact) mass is 249 g/mol. The van der Waals surface area contributed by atoms with Crippen LogP contribution in [0.3, 0.4) is 0 Å². The molecule has 3 nitrogen and oxygen atoms in total. The highest BCUT2D eigenvalue weighted by atomic mass is 19.4. The van der Waals surface area contributed by atoms with Crippen molar-refractivity contribution in [3.8, 4) is 0 Å². The lowest BCUT2D eigenvalue weighted by atomic mass is 10.0. The van der Waals surface area contributed by atoms with Gasteiger partial charge in [-0.2, -0.15) is 18.3 Å². The Morgan fingerprint density at radius 1 is 1.47 bits per heavy atom. The van der Waals surface area contributed by atoms with Crippen LogP contribution in [0.5, 0.6) is 0 Å². The smallest absolute Gasteiger partial charge is 0.310 e. The number of hydrogen-bond donors (Lipinski definition) is 1. The molecule has 0 amide bonds. The Morgan fingerprint density at radius 2 is 2.18 bits per heavy atom. The number of hydrogen-bond acceptors (Lipinski definition) is 2. The Balaban J connectivity index is 2.49. The molecule has 0 saturated carbocycles. The highest BCUT2D eigenvalue weighted by Crippen LogP contribution is 2.26. The fraction of sp³-hybridized carbons (Fsp3) is 0.727. The second kappa shape index (κ2) is 6.05. The molecule has 1 heterocycles. The Bertz CT molecular complexity index is 333. The number of aryl methyl sites for hydroxylation is 1.